The number of aromatic hydroxyl groups is 1. The first-order valence-electron chi connectivity index (χ1n) is 24.2. The van der Waals surface area contributed by atoms with E-state index in [2.05, 4.69) is 15.9 Å². The number of pyridine rings is 2. The maximum absolute atomic E-state index is 14.2. The molecule has 398 valence electrons. The fourth-order valence-corrected chi connectivity index (χ4v) is 12.5. The van der Waals surface area contributed by atoms with Gasteiger partial charge in [-0.3, -0.25) is 38.5 Å². The number of aromatic nitrogens is 2. The highest BCUT2D eigenvalue weighted by Gasteiger charge is 2.50. The van der Waals surface area contributed by atoms with E-state index >= 15 is 0 Å². The fourth-order valence-electron chi connectivity index (χ4n) is 9.96. The van der Waals surface area contributed by atoms with Gasteiger partial charge in [0.25, 0.3) is 11.8 Å². The summed E-state index contributed by atoms with van der Waals surface area (Å²) >= 11 is 6.60. The lowest BCUT2D eigenvalue weighted by molar-refractivity contribution is -0.173. The Kier molecular flexibility index (Phi) is 14.6. The Morgan fingerprint density at radius 3 is 1.52 bits per heavy atom. The number of benzene rings is 5. The summed E-state index contributed by atoms with van der Waals surface area (Å²) in [6.45, 7) is 2.53. The van der Waals surface area contributed by atoms with Crippen LogP contribution in [0, 0.1) is 6.92 Å². The van der Waals surface area contributed by atoms with Gasteiger partial charge in [-0.05, 0) is 87.8 Å². The number of carbonyl (C=O) groups excluding carboxylic acids is 2. The van der Waals surface area contributed by atoms with Gasteiger partial charge in [0.1, 0.15) is 32.0 Å². The molecule has 12 nitrogen and oxygen atoms in total. The zero-order chi connectivity index (χ0) is 54.7. The SMILES string of the molecule is C[C@@H](N1CN([C@H]2c3ccccc3CSc3ccccc32)n2cc(Br)c(=O)c(OCc3ccccc3)c2C1=O)C(F)(F)F.Cc1cn2c(c(O)c1=O)C(=O)N([C@H](C)C(F)(F)F)CN2[C@H]1c2ccccc2CSc2ccccc21. The van der Waals surface area contributed by atoms with E-state index < -0.39 is 77.3 Å². The van der Waals surface area contributed by atoms with Crippen LogP contribution in [0.3, 0.4) is 0 Å². The van der Waals surface area contributed by atoms with Gasteiger partial charge in [0.15, 0.2) is 22.9 Å². The van der Waals surface area contributed by atoms with E-state index in [1.165, 1.54) is 28.7 Å². The lowest BCUT2D eigenvalue weighted by Gasteiger charge is -2.46. The number of hydrogen-bond donors (Lipinski definition) is 1. The van der Waals surface area contributed by atoms with E-state index in [9.17, 15) is 50.6 Å². The number of amides is 2. The summed E-state index contributed by atoms with van der Waals surface area (Å²) in [6.07, 6.45) is -6.53. The van der Waals surface area contributed by atoms with Gasteiger partial charge in [-0.25, -0.2) is 0 Å². The van der Waals surface area contributed by atoms with Crippen molar-refractivity contribution in [3.63, 3.8) is 0 Å². The average molecular weight is 1160 g/mol. The van der Waals surface area contributed by atoms with Crippen molar-refractivity contribution >= 4 is 51.3 Å². The van der Waals surface area contributed by atoms with Crippen LogP contribution in [0.25, 0.3) is 0 Å². The molecule has 0 saturated carbocycles. The molecule has 0 bridgehead atoms. The van der Waals surface area contributed by atoms with Crippen LogP contribution in [-0.2, 0) is 18.1 Å². The van der Waals surface area contributed by atoms with Crippen molar-refractivity contribution in [3.05, 3.63) is 221 Å². The van der Waals surface area contributed by atoms with Gasteiger partial charge in [0, 0.05) is 39.3 Å². The van der Waals surface area contributed by atoms with Crippen molar-refractivity contribution in [3.8, 4) is 11.5 Å². The van der Waals surface area contributed by atoms with Crippen molar-refractivity contribution in [2.75, 3.05) is 23.4 Å². The molecule has 1 N–H and O–H groups in total. The molecule has 0 unspecified atom stereocenters. The topological polar surface area (TPSA) is 121 Å². The van der Waals surface area contributed by atoms with Crippen LogP contribution in [-0.4, -0.2) is 73.8 Å². The molecule has 2 amide bonds. The Labute approximate surface area is 454 Å². The molecule has 0 spiro atoms. The average Bonchev–Trinajstić information content (AvgIpc) is 3.72. The Morgan fingerprint density at radius 2 is 1.03 bits per heavy atom. The Morgan fingerprint density at radius 1 is 0.597 bits per heavy atom. The normalized spacial score (nSPS) is 17.7. The van der Waals surface area contributed by atoms with E-state index in [0.29, 0.717) is 16.4 Å². The van der Waals surface area contributed by atoms with Crippen LogP contribution < -0.4 is 25.6 Å². The molecule has 2 aromatic heterocycles. The Hall–Kier alpha value is -7.10. The second kappa shape index (κ2) is 21.0. The summed E-state index contributed by atoms with van der Waals surface area (Å²) < 4.78 is 92.9. The molecular weight excluding hydrogens is 1110 g/mol. The highest BCUT2D eigenvalue weighted by Crippen LogP contribution is 2.46. The van der Waals surface area contributed by atoms with Gasteiger partial charge in [0.2, 0.25) is 10.9 Å². The number of ether oxygens (including phenoxy) is 1. The fraction of sp³-hybridized carbons (Fsp3) is 0.250. The maximum atomic E-state index is 14.2. The van der Waals surface area contributed by atoms with Crippen molar-refractivity contribution < 1.29 is 45.8 Å². The number of carbonyl (C=O) groups is 2. The van der Waals surface area contributed by atoms with E-state index in [0.717, 1.165) is 67.5 Å². The zero-order valence-corrected chi connectivity index (χ0v) is 44.5. The minimum Gasteiger partial charge on any atom is -0.502 e. The van der Waals surface area contributed by atoms with Gasteiger partial charge < -0.3 is 19.6 Å². The molecular formula is C56H47BrF6N6O6S2. The third kappa shape index (κ3) is 9.97. The van der Waals surface area contributed by atoms with E-state index in [1.54, 1.807) is 57.8 Å². The summed E-state index contributed by atoms with van der Waals surface area (Å²) in [5.74, 6) is -1.82. The standard InChI is InChI=1S/C31H25BrF3N3O3S.C25H22F3N3O3S/c1-19(31(33,34)35)36-18-38(26-22-12-6-5-11-21(22)17-42-25-14-8-7-13-23(25)26)37-15-24(32)28(39)29(27(37)30(36)40)41-16-20-9-3-2-4-10-20;1-14-11-30-21(23(33)22(14)32)24(34)29(15(2)25(26,27)28)13-31(30)20-17-8-4-3-7-16(17)12-35-19-10-6-5-9-18(19)20/h2-15,19,26H,16-18H2,1H3;3-11,15,20,33H,12-13H2,1-2H3/t19-,26+;15-,20+/m11/s1. The van der Waals surface area contributed by atoms with Crippen molar-refractivity contribution in [2.24, 2.45) is 0 Å². The van der Waals surface area contributed by atoms with Crippen molar-refractivity contribution in [1.29, 1.82) is 0 Å². The Balaban J connectivity index is 0.000000178. The molecule has 0 radical (unpaired) electrons. The predicted octanol–water partition coefficient (Wildman–Crippen LogP) is 11.4. The van der Waals surface area contributed by atoms with E-state index in [-0.39, 0.29) is 34.8 Å². The molecule has 11 rings (SSSR count). The first-order valence-corrected chi connectivity index (χ1v) is 27.0. The number of aryl methyl sites for hydroxylation is 1. The van der Waals surface area contributed by atoms with Gasteiger partial charge in [-0.1, -0.05) is 115 Å². The van der Waals surface area contributed by atoms with Gasteiger partial charge in [0.05, 0.1) is 16.6 Å². The van der Waals surface area contributed by atoms with Crippen molar-refractivity contribution in [2.45, 2.75) is 85.2 Å². The van der Waals surface area contributed by atoms with Crippen LogP contribution in [0.2, 0.25) is 0 Å². The molecule has 21 heteroatoms. The second-order valence-electron chi connectivity index (χ2n) is 18.8. The minimum atomic E-state index is -4.70. The second-order valence-corrected chi connectivity index (χ2v) is 21.7. The molecule has 4 aliphatic rings. The highest BCUT2D eigenvalue weighted by molar-refractivity contribution is 9.10. The maximum Gasteiger partial charge on any atom is 0.408 e. The van der Waals surface area contributed by atoms with Crippen LogP contribution >= 0.6 is 39.5 Å². The molecule has 6 heterocycles. The first kappa shape index (κ1) is 53.3. The molecule has 0 fully saturated rings. The molecule has 4 aliphatic heterocycles. The number of nitrogens with zero attached hydrogens (tertiary/aromatic N) is 6. The molecule has 0 saturated heterocycles. The summed E-state index contributed by atoms with van der Waals surface area (Å²) in [5.41, 5.74) is 4.32. The first-order chi connectivity index (χ1) is 36.7. The number of alkyl halides is 6. The zero-order valence-electron chi connectivity index (χ0n) is 41.3. The summed E-state index contributed by atoms with van der Waals surface area (Å²) in [5, 5.41) is 14.0. The molecule has 5 aromatic carbocycles. The smallest absolute Gasteiger partial charge is 0.408 e. The minimum absolute atomic E-state index is 0.0482. The highest BCUT2D eigenvalue weighted by atomic mass is 79.9. The van der Waals surface area contributed by atoms with Crippen LogP contribution in [0.1, 0.15) is 91.4 Å². The molecule has 0 aliphatic carbocycles. The van der Waals surface area contributed by atoms with E-state index in [1.807, 2.05) is 103 Å². The third-order valence-electron chi connectivity index (χ3n) is 14.1. The van der Waals surface area contributed by atoms with Gasteiger partial charge in [-0.2, -0.15) is 26.3 Å². The summed E-state index contributed by atoms with van der Waals surface area (Å²) in [4.78, 5) is 56.5. The summed E-state index contributed by atoms with van der Waals surface area (Å²) in [6, 6.07) is 34.5. The summed E-state index contributed by atoms with van der Waals surface area (Å²) in [7, 11) is 0. The van der Waals surface area contributed by atoms with Crippen LogP contribution in [0.15, 0.2) is 164 Å². The van der Waals surface area contributed by atoms with E-state index in [4.69, 9.17) is 4.74 Å². The number of thioether (sulfide) groups is 2. The number of rotatable bonds is 7. The lowest BCUT2D eigenvalue weighted by atomic mass is 9.94. The van der Waals surface area contributed by atoms with Crippen molar-refractivity contribution in [1.82, 2.24) is 19.2 Å². The number of hydrogen-bond acceptors (Lipinski definition) is 10. The number of halogens is 7. The largest absolute Gasteiger partial charge is 0.502 e. The quantitative estimate of drug-likeness (QED) is 0.154. The monoisotopic (exact) mass is 1160 g/mol. The Bertz CT molecular complexity index is 3470. The van der Waals surface area contributed by atoms with Gasteiger partial charge in [-0.15, -0.1) is 23.5 Å². The van der Waals surface area contributed by atoms with Crippen LogP contribution in [0.4, 0.5) is 26.3 Å². The van der Waals surface area contributed by atoms with Crippen LogP contribution in [0.5, 0.6) is 11.5 Å². The molecule has 77 heavy (non-hydrogen) atoms. The predicted molar refractivity (Wildman–Crippen MR) is 284 cm³/mol. The lowest BCUT2D eigenvalue weighted by Crippen LogP contribution is -2.60. The molecule has 7 aromatic rings. The van der Waals surface area contributed by atoms with Gasteiger partial charge >= 0.3 is 12.4 Å². The number of fused-ring (bicyclic) bond motifs is 6. The molecule has 4 atom stereocenters. The third-order valence-corrected chi connectivity index (χ3v) is 17.0.